The third kappa shape index (κ3) is 4.81. The summed E-state index contributed by atoms with van der Waals surface area (Å²) in [6.45, 7) is 0.734. The number of hydrogen-bond acceptors (Lipinski definition) is 6. The molecule has 2 amide bonds. The van der Waals surface area contributed by atoms with Crippen LogP contribution in [0.4, 0.5) is 5.69 Å². The lowest BCUT2D eigenvalue weighted by Crippen LogP contribution is -2.36. The summed E-state index contributed by atoms with van der Waals surface area (Å²) in [4.78, 5) is 38.2. The zero-order valence-electron chi connectivity index (χ0n) is 20.0. The van der Waals surface area contributed by atoms with Crippen LogP contribution < -0.4 is 11.1 Å². The van der Waals surface area contributed by atoms with Crippen LogP contribution in [0.2, 0.25) is 0 Å². The number of nitrogens with two attached hydrogens (primary N) is 1. The van der Waals surface area contributed by atoms with Gasteiger partial charge in [-0.1, -0.05) is 37.1 Å². The fourth-order valence-corrected chi connectivity index (χ4v) is 5.26. The molecule has 1 aromatic carbocycles. The molecule has 1 saturated carbocycles. The van der Waals surface area contributed by atoms with E-state index in [0.29, 0.717) is 18.4 Å². The Morgan fingerprint density at radius 1 is 1.00 bits per heavy atom. The van der Waals surface area contributed by atoms with E-state index in [1.54, 1.807) is 6.20 Å². The van der Waals surface area contributed by atoms with E-state index in [0.717, 1.165) is 50.0 Å². The molecule has 2 fully saturated rings. The Labute approximate surface area is 208 Å². The van der Waals surface area contributed by atoms with Gasteiger partial charge in [0.25, 0.3) is 5.91 Å². The number of hydrogen-bond donors (Lipinski definition) is 3. The zero-order valence-corrected chi connectivity index (χ0v) is 20.0. The van der Waals surface area contributed by atoms with E-state index < -0.39 is 17.7 Å². The molecule has 0 radical (unpaired) electrons. The van der Waals surface area contributed by atoms with Crippen molar-refractivity contribution in [1.29, 1.82) is 0 Å². The van der Waals surface area contributed by atoms with Gasteiger partial charge in [-0.15, -0.1) is 0 Å². The van der Waals surface area contributed by atoms with Crippen molar-refractivity contribution in [2.24, 2.45) is 17.6 Å². The molecule has 4 N–H and O–H groups in total. The number of ether oxygens (including phenoxy) is 1. The second-order valence-corrected chi connectivity index (χ2v) is 9.43. The van der Waals surface area contributed by atoms with Crippen LogP contribution in [0, 0.1) is 11.8 Å². The first-order valence-electron chi connectivity index (χ1n) is 12.5. The number of anilines is 1. The number of aromatic nitrogens is 4. The molecule has 2 aromatic heterocycles. The summed E-state index contributed by atoms with van der Waals surface area (Å²) in [5.74, 6) is -1.99. The highest BCUT2D eigenvalue weighted by molar-refractivity contribution is 6.05. The van der Waals surface area contributed by atoms with E-state index in [-0.39, 0.29) is 29.3 Å². The van der Waals surface area contributed by atoms with Crippen molar-refractivity contribution in [2.45, 2.75) is 51.2 Å². The lowest BCUT2D eigenvalue weighted by Gasteiger charge is -2.29. The molecule has 1 unspecified atom stereocenters. The van der Waals surface area contributed by atoms with Gasteiger partial charge in [0.2, 0.25) is 5.91 Å². The Balaban J connectivity index is 1.31. The molecule has 2 aliphatic rings. The van der Waals surface area contributed by atoms with E-state index in [9.17, 15) is 14.4 Å². The van der Waals surface area contributed by atoms with Gasteiger partial charge in [0.1, 0.15) is 5.69 Å². The van der Waals surface area contributed by atoms with Gasteiger partial charge >= 0.3 is 0 Å². The average molecular weight is 491 g/mol. The van der Waals surface area contributed by atoms with E-state index in [1.165, 1.54) is 6.20 Å². The fourth-order valence-electron chi connectivity index (χ4n) is 5.26. The molecule has 1 aliphatic carbocycles. The minimum atomic E-state index is -0.712. The van der Waals surface area contributed by atoms with Crippen molar-refractivity contribution in [3.8, 4) is 11.3 Å². The number of benzene rings is 1. The third-order valence-electron chi connectivity index (χ3n) is 7.15. The molecule has 10 nitrogen and oxygen atoms in total. The van der Waals surface area contributed by atoms with Crippen LogP contribution in [0.25, 0.3) is 11.3 Å². The summed E-state index contributed by atoms with van der Waals surface area (Å²) in [6, 6.07) is 9.44. The van der Waals surface area contributed by atoms with Crippen molar-refractivity contribution in [2.75, 3.05) is 11.9 Å². The number of nitrogens with zero attached hydrogens (tertiary/aromatic N) is 3. The quantitative estimate of drug-likeness (QED) is 0.431. The van der Waals surface area contributed by atoms with Gasteiger partial charge in [-0.25, -0.2) is 4.68 Å². The predicted octanol–water partition coefficient (Wildman–Crippen LogP) is 3.70. The molecule has 1 aliphatic heterocycles. The van der Waals surface area contributed by atoms with Gasteiger partial charge in [-0.05, 0) is 43.7 Å². The maximum absolute atomic E-state index is 13.5. The first kappa shape index (κ1) is 23.9. The van der Waals surface area contributed by atoms with Gasteiger partial charge in [0, 0.05) is 30.2 Å². The Morgan fingerprint density at radius 3 is 2.47 bits per heavy atom. The van der Waals surface area contributed by atoms with Gasteiger partial charge in [-0.3, -0.25) is 19.5 Å². The monoisotopic (exact) mass is 490 g/mol. The summed E-state index contributed by atoms with van der Waals surface area (Å²) < 4.78 is 7.81. The lowest BCUT2D eigenvalue weighted by molar-refractivity contribution is -0.122. The summed E-state index contributed by atoms with van der Waals surface area (Å²) in [5.41, 5.74) is 8.08. The second-order valence-electron chi connectivity index (χ2n) is 9.43. The number of amides is 2. The summed E-state index contributed by atoms with van der Waals surface area (Å²) in [6.07, 6.45) is 9.13. The molecule has 0 bridgehead atoms. The van der Waals surface area contributed by atoms with Gasteiger partial charge in [-0.2, -0.15) is 10.2 Å². The lowest BCUT2D eigenvalue weighted by atomic mass is 9.75. The molecule has 188 valence electrons. The number of Topliss-reactive ketones (excluding diaryl/α,β-unsaturated/α-hetero) is 1. The first-order chi connectivity index (χ1) is 17.5. The topological polar surface area (TPSA) is 145 Å². The average Bonchev–Trinajstić information content (AvgIpc) is 3.59. The fraction of sp³-hybridized carbons (Fsp3) is 0.423. The molecule has 0 spiro atoms. The van der Waals surface area contributed by atoms with Crippen LogP contribution in [0.3, 0.4) is 0 Å². The van der Waals surface area contributed by atoms with Gasteiger partial charge in [0.15, 0.2) is 12.0 Å². The van der Waals surface area contributed by atoms with Crippen LogP contribution in [0.1, 0.15) is 72.0 Å². The maximum Gasteiger partial charge on any atom is 0.268 e. The van der Waals surface area contributed by atoms with Crippen LogP contribution in [-0.4, -0.2) is 44.2 Å². The van der Waals surface area contributed by atoms with Gasteiger partial charge in [0.05, 0.1) is 17.6 Å². The first-order valence-corrected chi connectivity index (χ1v) is 12.5. The SMILES string of the molecule is NC(=O)c1[nH]ncc1NC(=O)[C@@H]1CCCC[C@H]1C(=O)c1ccc(-c2ccnn2C2CCCCO2)cc1. The predicted molar refractivity (Wildman–Crippen MR) is 132 cm³/mol. The van der Waals surface area contributed by atoms with Crippen LogP contribution in [0.15, 0.2) is 42.7 Å². The standard InChI is InChI=1S/C26H30N6O4/c27-25(34)23-20(15-28-31-23)30-26(35)19-6-2-1-5-18(19)24(33)17-10-8-16(9-11-17)21-12-13-29-32(21)22-7-3-4-14-36-22/h8-13,15,18-19,22H,1-7,14H2,(H2,27,34)(H,28,31)(H,30,35)/t18-,19-,22?/m1/s1. The largest absolute Gasteiger partial charge is 0.364 e. The van der Waals surface area contributed by atoms with Crippen LogP contribution in [0.5, 0.6) is 0 Å². The Bertz CT molecular complexity index is 1240. The number of nitrogens with one attached hydrogen (secondary N) is 2. The number of primary amides is 1. The Kier molecular flexibility index (Phi) is 6.95. The van der Waals surface area contributed by atoms with E-state index in [2.05, 4.69) is 20.6 Å². The molecule has 5 rings (SSSR count). The number of ketones is 1. The van der Waals surface area contributed by atoms with E-state index >= 15 is 0 Å². The summed E-state index contributed by atoms with van der Waals surface area (Å²) in [7, 11) is 0. The molecule has 10 heteroatoms. The number of carbonyl (C=O) groups is 3. The molecule has 3 heterocycles. The number of H-pyrrole nitrogens is 1. The number of carbonyl (C=O) groups excluding carboxylic acids is 3. The minimum Gasteiger partial charge on any atom is -0.364 e. The zero-order chi connectivity index (χ0) is 25.1. The van der Waals surface area contributed by atoms with Crippen molar-refractivity contribution < 1.29 is 19.1 Å². The van der Waals surface area contributed by atoms with Crippen molar-refractivity contribution in [3.63, 3.8) is 0 Å². The van der Waals surface area contributed by atoms with Gasteiger partial charge < -0.3 is 15.8 Å². The molecule has 1 saturated heterocycles. The molecule has 3 atom stereocenters. The smallest absolute Gasteiger partial charge is 0.268 e. The van der Waals surface area contributed by atoms with Crippen molar-refractivity contribution >= 4 is 23.3 Å². The normalized spacial score (nSPS) is 22.2. The van der Waals surface area contributed by atoms with Crippen LogP contribution in [-0.2, 0) is 9.53 Å². The van der Waals surface area contributed by atoms with Crippen molar-refractivity contribution in [3.05, 3.63) is 54.0 Å². The minimum absolute atomic E-state index is 0.0375. The number of rotatable bonds is 7. The summed E-state index contributed by atoms with van der Waals surface area (Å²) >= 11 is 0. The Hall–Kier alpha value is -3.79. The molecular weight excluding hydrogens is 460 g/mol. The van der Waals surface area contributed by atoms with Crippen LogP contribution >= 0.6 is 0 Å². The maximum atomic E-state index is 13.5. The highest BCUT2D eigenvalue weighted by atomic mass is 16.5. The van der Waals surface area contributed by atoms with E-state index in [4.69, 9.17) is 10.5 Å². The second kappa shape index (κ2) is 10.4. The highest BCUT2D eigenvalue weighted by Crippen LogP contribution is 2.35. The highest BCUT2D eigenvalue weighted by Gasteiger charge is 2.36. The summed E-state index contributed by atoms with van der Waals surface area (Å²) in [5, 5.41) is 13.5. The molecule has 3 aromatic rings. The van der Waals surface area contributed by atoms with E-state index in [1.807, 2.05) is 35.0 Å². The van der Waals surface area contributed by atoms with Crippen molar-refractivity contribution in [1.82, 2.24) is 20.0 Å². The molecule has 36 heavy (non-hydrogen) atoms. The number of aromatic amines is 1. The molecular formula is C26H30N6O4. The third-order valence-corrected chi connectivity index (χ3v) is 7.15. The Morgan fingerprint density at radius 2 is 1.75 bits per heavy atom.